The SMILES string of the molecule is CCN(CC1CC1)C(=O)NC1CCC(O)CC1. The number of hydrogen-bond donors (Lipinski definition) is 2. The number of aliphatic hydroxyl groups is 1. The average Bonchev–Trinajstić information content (AvgIpc) is 3.13. The summed E-state index contributed by atoms with van der Waals surface area (Å²) in [6, 6.07) is 0.347. The molecule has 0 radical (unpaired) electrons. The molecule has 0 unspecified atom stereocenters. The van der Waals surface area contributed by atoms with Crippen molar-refractivity contribution in [2.75, 3.05) is 13.1 Å². The second-order valence-electron chi connectivity index (χ2n) is 5.44. The van der Waals surface area contributed by atoms with Gasteiger partial charge in [-0.3, -0.25) is 0 Å². The molecule has 4 nitrogen and oxygen atoms in total. The maximum absolute atomic E-state index is 12.0. The molecule has 17 heavy (non-hydrogen) atoms. The summed E-state index contributed by atoms with van der Waals surface area (Å²) in [5, 5.41) is 12.5. The van der Waals surface area contributed by atoms with Gasteiger partial charge in [0.2, 0.25) is 0 Å². The Balaban J connectivity index is 1.74. The normalized spacial score (nSPS) is 28.8. The summed E-state index contributed by atoms with van der Waals surface area (Å²) < 4.78 is 0. The molecular formula is C13H24N2O2. The summed E-state index contributed by atoms with van der Waals surface area (Å²) in [6.07, 6.45) is 5.86. The van der Waals surface area contributed by atoms with Gasteiger partial charge in [0.25, 0.3) is 0 Å². The van der Waals surface area contributed by atoms with Crippen molar-refractivity contribution in [3.8, 4) is 0 Å². The van der Waals surface area contributed by atoms with Gasteiger partial charge in [-0.05, 0) is 51.4 Å². The number of hydrogen-bond acceptors (Lipinski definition) is 2. The quantitative estimate of drug-likeness (QED) is 0.786. The van der Waals surface area contributed by atoms with E-state index in [1.165, 1.54) is 12.8 Å². The third-order valence-corrected chi connectivity index (χ3v) is 3.87. The zero-order chi connectivity index (χ0) is 12.3. The molecule has 2 saturated carbocycles. The number of nitrogens with zero attached hydrogens (tertiary/aromatic N) is 1. The largest absolute Gasteiger partial charge is 0.393 e. The Morgan fingerprint density at radius 1 is 1.24 bits per heavy atom. The van der Waals surface area contributed by atoms with Gasteiger partial charge in [-0.1, -0.05) is 0 Å². The van der Waals surface area contributed by atoms with Gasteiger partial charge in [0.05, 0.1) is 6.10 Å². The minimum atomic E-state index is -0.156. The predicted octanol–water partition coefficient (Wildman–Crippen LogP) is 1.73. The highest BCUT2D eigenvalue weighted by molar-refractivity contribution is 5.74. The van der Waals surface area contributed by atoms with Gasteiger partial charge in [0, 0.05) is 19.1 Å². The smallest absolute Gasteiger partial charge is 0.317 e. The van der Waals surface area contributed by atoms with E-state index in [-0.39, 0.29) is 18.2 Å². The molecule has 0 atom stereocenters. The zero-order valence-electron chi connectivity index (χ0n) is 10.7. The lowest BCUT2D eigenvalue weighted by molar-refractivity contribution is 0.115. The molecule has 2 aliphatic rings. The number of nitrogens with one attached hydrogen (secondary N) is 1. The summed E-state index contributed by atoms with van der Waals surface area (Å²) in [6.45, 7) is 3.74. The molecule has 2 amide bonds. The van der Waals surface area contributed by atoms with Crippen molar-refractivity contribution in [3.63, 3.8) is 0 Å². The van der Waals surface area contributed by atoms with Gasteiger partial charge in [-0.15, -0.1) is 0 Å². The first-order valence-corrected chi connectivity index (χ1v) is 6.92. The Bertz CT molecular complexity index is 258. The number of carbonyl (C=O) groups is 1. The zero-order valence-corrected chi connectivity index (χ0v) is 10.7. The lowest BCUT2D eigenvalue weighted by Gasteiger charge is -2.29. The number of rotatable bonds is 4. The highest BCUT2D eigenvalue weighted by Gasteiger charge is 2.27. The lowest BCUT2D eigenvalue weighted by Crippen LogP contribution is -2.47. The van der Waals surface area contributed by atoms with Crippen LogP contribution in [-0.4, -0.2) is 41.3 Å². The van der Waals surface area contributed by atoms with Crippen LogP contribution in [-0.2, 0) is 0 Å². The van der Waals surface area contributed by atoms with E-state index in [0.29, 0.717) is 0 Å². The van der Waals surface area contributed by atoms with Crippen LogP contribution >= 0.6 is 0 Å². The molecule has 0 aromatic rings. The Kier molecular flexibility index (Phi) is 4.26. The van der Waals surface area contributed by atoms with Crippen LogP contribution in [0.3, 0.4) is 0 Å². The fourth-order valence-electron chi connectivity index (χ4n) is 2.45. The molecule has 2 aliphatic carbocycles. The van der Waals surface area contributed by atoms with Crippen LogP contribution in [0.2, 0.25) is 0 Å². The molecular weight excluding hydrogens is 216 g/mol. The van der Waals surface area contributed by atoms with Crippen molar-refractivity contribution in [2.45, 2.75) is 57.6 Å². The van der Waals surface area contributed by atoms with Crippen LogP contribution < -0.4 is 5.32 Å². The van der Waals surface area contributed by atoms with E-state index < -0.39 is 0 Å². The molecule has 0 saturated heterocycles. The molecule has 98 valence electrons. The summed E-state index contributed by atoms with van der Waals surface area (Å²) in [5.74, 6) is 0.744. The first kappa shape index (κ1) is 12.7. The maximum atomic E-state index is 12.0. The van der Waals surface area contributed by atoms with Crippen molar-refractivity contribution in [1.82, 2.24) is 10.2 Å². The van der Waals surface area contributed by atoms with Crippen LogP contribution in [0.1, 0.15) is 45.4 Å². The molecule has 4 heteroatoms. The van der Waals surface area contributed by atoms with Crippen molar-refractivity contribution >= 4 is 6.03 Å². The Morgan fingerprint density at radius 2 is 1.88 bits per heavy atom. The van der Waals surface area contributed by atoms with Crippen LogP contribution in [0.5, 0.6) is 0 Å². The van der Waals surface area contributed by atoms with Crippen LogP contribution in [0, 0.1) is 5.92 Å². The predicted molar refractivity (Wildman–Crippen MR) is 66.8 cm³/mol. The van der Waals surface area contributed by atoms with E-state index >= 15 is 0 Å². The molecule has 0 bridgehead atoms. The Hall–Kier alpha value is -0.770. The van der Waals surface area contributed by atoms with E-state index in [9.17, 15) is 9.90 Å². The van der Waals surface area contributed by atoms with Crippen LogP contribution in [0.4, 0.5) is 4.79 Å². The number of amides is 2. The Labute approximate surface area is 103 Å². The van der Waals surface area contributed by atoms with Crippen molar-refractivity contribution in [1.29, 1.82) is 0 Å². The van der Waals surface area contributed by atoms with Crippen molar-refractivity contribution in [2.24, 2.45) is 5.92 Å². The van der Waals surface area contributed by atoms with Crippen molar-refractivity contribution in [3.05, 3.63) is 0 Å². The van der Waals surface area contributed by atoms with Gasteiger partial charge < -0.3 is 15.3 Å². The molecule has 0 aromatic heterocycles. The molecule has 0 aromatic carbocycles. The average molecular weight is 240 g/mol. The highest BCUT2D eigenvalue weighted by Crippen LogP contribution is 2.29. The first-order valence-electron chi connectivity index (χ1n) is 6.92. The monoisotopic (exact) mass is 240 g/mol. The van der Waals surface area contributed by atoms with E-state index in [4.69, 9.17) is 0 Å². The highest BCUT2D eigenvalue weighted by atomic mass is 16.3. The van der Waals surface area contributed by atoms with E-state index in [0.717, 1.165) is 44.7 Å². The maximum Gasteiger partial charge on any atom is 0.317 e. The van der Waals surface area contributed by atoms with Gasteiger partial charge in [-0.25, -0.2) is 4.79 Å². The van der Waals surface area contributed by atoms with E-state index in [1.807, 2.05) is 11.8 Å². The standard InChI is InChI=1S/C13H24N2O2/c1-2-15(9-10-3-4-10)13(17)14-11-5-7-12(16)8-6-11/h10-12,16H,2-9H2,1H3,(H,14,17). The van der Waals surface area contributed by atoms with Gasteiger partial charge in [0.15, 0.2) is 0 Å². The number of urea groups is 1. The topological polar surface area (TPSA) is 52.6 Å². The van der Waals surface area contributed by atoms with Gasteiger partial charge in [0.1, 0.15) is 0 Å². The fourth-order valence-corrected chi connectivity index (χ4v) is 2.45. The number of aliphatic hydroxyl groups excluding tert-OH is 1. The van der Waals surface area contributed by atoms with Gasteiger partial charge in [-0.2, -0.15) is 0 Å². The minimum Gasteiger partial charge on any atom is -0.393 e. The molecule has 2 N–H and O–H groups in total. The van der Waals surface area contributed by atoms with Crippen LogP contribution in [0.25, 0.3) is 0 Å². The Morgan fingerprint density at radius 3 is 2.41 bits per heavy atom. The third kappa shape index (κ3) is 3.87. The molecule has 0 aliphatic heterocycles. The summed E-state index contributed by atoms with van der Waals surface area (Å²) in [7, 11) is 0. The van der Waals surface area contributed by atoms with E-state index in [1.54, 1.807) is 0 Å². The number of carbonyl (C=O) groups excluding carboxylic acids is 1. The summed E-state index contributed by atoms with van der Waals surface area (Å²) in [5.41, 5.74) is 0. The fraction of sp³-hybridized carbons (Fsp3) is 0.923. The summed E-state index contributed by atoms with van der Waals surface area (Å²) in [4.78, 5) is 14.0. The molecule has 2 fully saturated rings. The first-order chi connectivity index (χ1) is 8.19. The van der Waals surface area contributed by atoms with Crippen molar-refractivity contribution < 1.29 is 9.90 Å². The molecule has 0 heterocycles. The second kappa shape index (κ2) is 5.71. The molecule has 0 spiro atoms. The van der Waals surface area contributed by atoms with E-state index in [2.05, 4.69) is 5.32 Å². The minimum absolute atomic E-state index is 0.0841. The lowest BCUT2D eigenvalue weighted by atomic mass is 9.93. The van der Waals surface area contributed by atoms with Gasteiger partial charge >= 0.3 is 6.03 Å². The summed E-state index contributed by atoms with van der Waals surface area (Å²) >= 11 is 0. The second-order valence-corrected chi connectivity index (χ2v) is 5.44. The third-order valence-electron chi connectivity index (χ3n) is 3.87. The molecule has 2 rings (SSSR count). The van der Waals surface area contributed by atoms with Crippen LogP contribution in [0.15, 0.2) is 0 Å².